The van der Waals surface area contributed by atoms with Gasteiger partial charge in [0.25, 0.3) is 0 Å². The van der Waals surface area contributed by atoms with Crippen molar-refractivity contribution in [1.82, 2.24) is 0 Å². The van der Waals surface area contributed by atoms with Crippen LogP contribution in [-0.2, 0) is 4.74 Å². The van der Waals surface area contributed by atoms with Crippen LogP contribution in [0, 0.1) is 3.57 Å². The molecule has 0 unspecified atom stereocenters. The van der Waals surface area contributed by atoms with Gasteiger partial charge in [0, 0.05) is 5.56 Å². The number of hydrogen-bond donors (Lipinski definition) is 0. The molecule has 2 aromatic rings. The standard InChI is InChI=1S/C16H13IO4/c1-20-16(19)12-7-8-15(13(17)9-12)21-10-14(18)11-5-3-2-4-6-11/h2-9H,10H2,1H3. The topological polar surface area (TPSA) is 52.6 Å². The van der Waals surface area contributed by atoms with Gasteiger partial charge in [-0.05, 0) is 40.8 Å². The lowest BCUT2D eigenvalue weighted by atomic mass is 10.1. The van der Waals surface area contributed by atoms with Crippen LogP contribution in [0.2, 0.25) is 0 Å². The minimum Gasteiger partial charge on any atom is -0.484 e. The molecule has 0 spiro atoms. The molecule has 0 amide bonds. The van der Waals surface area contributed by atoms with Gasteiger partial charge in [0.2, 0.25) is 0 Å². The van der Waals surface area contributed by atoms with E-state index >= 15 is 0 Å². The van der Waals surface area contributed by atoms with Crippen LogP contribution in [-0.4, -0.2) is 25.5 Å². The van der Waals surface area contributed by atoms with Crippen molar-refractivity contribution >= 4 is 34.3 Å². The molecule has 0 saturated heterocycles. The largest absolute Gasteiger partial charge is 0.484 e. The summed E-state index contributed by atoms with van der Waals surface area (Å²) >= 11 is 2.05. The molecule has 108 valence electrons. The Morgan fingerprint density at radius 2 is 1.76 bits per heavy atom. The van der Waals surface area contributed by atoms with Gasteiger partial charge < -0.3 is 9.47 Å². The quantitative estimate of drug-likeness (QED) is 0.442. The summed E-state index contributed by atoms with van der Waals surface area (Å²) < 4.78 is 10.9. The molecule has 21 heavy (non-hydrogen) atoms. The third-order valence-electron chi connectivity index (χ3n) is 2.81. The fourth-order valence-electron chi connectivity index (χ4n) is 1.71. The highest BCUT2D eigenvalue weighted by Crippen LogP contribution is 2.22. The van der Waals surface area contributed by atoms with Crippen molar-refractivity contribution in [3.05, 3.63) is 63.2 Å². The molecule has 2 aromatic carbocycles. The van der Waals surface area contributed by atoms with E-state index in [2.05, 4.69) is 27.3 Å². The first-order valence-electron chi connectivity index (χ1n) is 6.20. The number of carbonyl (C=O) groups is 2. The SMILES string of the molecule is COC(=O)c1ccc(OCC(=O)c2ccccc2)c(I)c1. The molecule has 0 radical (unpaired) electrons. The predicted octanol–water partition coefficient (Wildman–Crippen LogP) is 3.34. The van der Waals surface area contributed by atoms with Gasteiger partial charge in [-0.3, -0.25) is 4.79 Å². The molecule has 5 heteroatoms. The maximum atomic E-state index is 11.9. The Kier molecular flexibility index (Phi) is 5.32. The molecule has 0 heterocycles. The van der Waals surface area contributed by atoms with Gasteiger partial charge in [0.15, 0.2) is 12.4 Å². The van der Waals surface area contributed by atoms with E-state index in [1.807, 2.05) is 18.2 Å². The zero-order valence-corrected chi connectivity index (χ0v) is 13.5. The Morgan fingerprint density at radius 3 is 2.38 bits per heavy atom. The molecule has 0 bridgehead atoms. The Labute approximate surface area is 136 Å². The van der Waals surface area contributed by atoms with E-state index in [9.17, 15) is 9.59 Å². The lowest BCUT2D eigenvalue weighted by Crippen LogP contribution is -2.12. The normalized spacial score (nSPS) is 10.0. The fourth-order valence-corrected chi connectivity index (χ4v) is 2.38. The van der Waals surface area contributed by atoms with Crippen molar-refractivity contribution in [2.45, 2.75) is 0 Å². The fraction of sp³-hybridized carbons (Fsp3) is 0.125. The van der Waals surface area contributed by atoms with E-state index in [0.717, 1.165) is 3.57 Å². The highest BCUT2D eigenvalue weighted by atomic mass is 127. The number of esters is 1. The van der Waals surface area contributed by atoms with Gasteiger partial charge in [-0.15, -0.1) is 0 Å². The average Bonchev–Trinajstić information content (AvgIpc) is 2.53. The lowest BCUT2D eigenvalue weighted by Gasteiger charge is -2.09. The Morgan fingerprint density at radius 1 is 1.05 bits per heavy atom. The van der Waals surface area contributed by atoms with Crippen LogP contribution in [0.15, 0.2) is 48.5 Å². The summed E-state index contributed by atoms with van der Waals surface area (Å²) in [6.45, 7) is -0.0441. The maximum Gasteiger partial charge on any atom is 0.337 e. The highest BCUT2D eigenvalue weighted by Gasteiger charge is 2.11. The summed E-state index contributed by atoms with van der Waals surface area (Å²) in [5, 5.41) is 0. The smallest absolute Gasteiger partial charge is 0.337 e. The number of rotatable bonds is 5. The van der Waals surface area contributed by atoms with Gasteiger partial charge >= 0.3 is 5.97 Å². The summed E-state index contributed by atoms with van der Waals surface area (Å²) in [6.07, 6.45) is 0. The first-order valence-corrected chi connectivity index (χ1v) is 7.28. The van der Waals surface area contributed by atoms with Crippen LogP contribution in [0.4, 0.5) is 0 Å². The second kappa shape index (κ2) is 7.21. The number of benzene rings is 2. The molecule has 0 N–H and O–H groups in total. The molecule has 0 aromatic heterocycles. The minimum absolute atomic E-state index is 0.0441. The molecule has 0 aliphatic carbocycles. The number of ketones is 1. The van der Waals surface area contributed by atoms with Crippen LogP contribution in [0.1, 0.15) is 20.7 Å². The van der Waals surface area contributed by atoms with Gasteiger partial charge in [-0.25, -0.2) is 4.79 Å². The number of carbonyl (C=O) groups excluding carboxylic acids is 2. The zero-order valence-electron chi connectivity index (χ0n) is 11.3. The molecule has 0 aliphatic heterocycles. The number of ether oxygens (including phenoxy) is 2. The highest BCUT2D eigenvalue weighted by molar-refractivity contribution is 14.1. The van der Waals surface area contributed by atoms with Crippen molar-refractivity contribution < 1.29 is 19.1 Å². The number of hydrogen-bond acceptors (Lipinski definition) is 4. The summed E-state index contributed by atoms with van der Waals surface area (Å²) in [5.74, 6) is 0.0656. The Hall–Kier alpha value is -1.89. The summed E-state index contributed by atoms with van der Waals surface area (Å²) in [5.41, 5.74) is 1.06. The average molecular weight is 396 g/mol. The van der Waals surface area contributed by atoms with Crippen LogP contribution >= 0.6 is 22.6 Å². The van der Waals surface area contributed by atoms with Crippen molar-refractivity contribution in [3.8, 4) is 5.75 Å². The first kappa shape index (κ1) is 15.5. The number of methoxy groups -OCH3 is 1. The molecule has 0 saturated carbocycles. The third kappa shape index (κ3) is 4.04. The summed E-state index contributed by atoms with van der Waals surface area (Å²) in [4.78, 5) is 23.4. The van der Waals surface area contributed by atoms with E-state index in [1.54, 1.807) is 30.3 Å². The molecule has 0 fully saturated rings. The van der Waals surface area contributed by atoms with E-state index in [1.165, 1.54) is 7.11 Å². The Bertz CT molecular complexity index is 653. The molecule has 2 rings (SSSR count). The molecule has 0 atom stereocenters. The van der Waals surface area contributed by atoms with Crippen LogP contribution in [0.3, 0.4) is 0 Å². The predicted molar refractivity (Wildman–Crippen MR) is 86.8 cm³/mol. The summed E-state index contributed by atoms with van der Waals surface area (Å²) in [6, 6.07) is 13.9. The second-order valence-corrected chi connectivity index (χ2v) is 5.38. The van der Waals surface area contributed by atoms with E-state index in [4.69, 9.17) is 4.74 Å². The molecule has 0 aliphatic rings. The van der Waals surface area contributed by atoms with Gasteiger partial charge in [-0.1, -0.05) is 30.3 Å². The van der Waals surface area contributed by atoms with Crippen LogP contribution in [0.25, 0.3) is 0 Å². The van der Waals surface area contributed by atoms with Gasteiger partial charge in [0.1, 0.15) is 5.75 Å². The maximum absolute atomic E-state index is 11.9. The van der Waals surface area contributed by atoms with Crippen molar-refractivity contribution in [3.63, 3.8) is 0 Å². The van der Waals surface area contributed by atoms with Crippen molar-refractivity contribution in [1.29, 1.82) is 0 Å². The molecular formula is C16H13IO4. The number of Topliss-reactive ketones (excluding diaryl/α,β-unsaturated/α-hetero) is 1. The van der Waals surface area contributed by atoms with E-state index in [0.29, 0.717) is 16.9 Å². The minimum atomic E-state index is -0.403. The first-order chi connectivity index (χ1) is 10.1. The van der Waals surface area contributed by atoms with Gasteiger partial charge in [0.05, 0.1) is 16.2 Å². The summed E-state index contributed by atoms with van der Waals surface area (Å²) in [7, 11) is 1.33. The van der Waals surface area contributed by atoms with Gasteiger partial charge in [-0.2, -0.15) is 0 Å². The Balaban J connectivity index is 2.04. The van der Waals surface area contributed by atoms with E-state index < -0.39 is 5.97 Å². The van der Waals surface area contributed by atoms with Crippen molar-refractivity contribution in [2.75, 3.05) is 13.7 Å². The van der Waals surface area contributed by atoms with Crippen LogP contribution in [0.5, 0.6) is 5.75 Å². The number of halogens is 1. The van der Waals surface area contributed by atoms with Crippen molar-refractivity contribution in [2.24, 2.45) is 0 Å². The second-order valence-electron chi connectivity index (χ2n) is 4.21. The monoisotopic (exact) mass is 396 g/mol. The zero-order chi connectivity index (χ0) is 15.2. The third-order valence-corrected chi connectivity index (χ3v) is 3.65. The molecule has 4 nitrogen and oxygen atoms in total. The van der Waals surface area contributed by atoms with Crippen LogP contribution < -0.4 is 4.74 Å². The van der Waals surface area contributed by atoms with E-state index in [-0.39, 0.29) is 12.4 Å². The lowest BCUT2D eigenvalue weighted by molar-refractivity contribution is 0.0600. The molecular weight excluding hydrogens is 383 g/mol.